The van der Waals surface area contributed by atoms with Crippen molar-refractivity contribution in [2.24, 2.45) is 0 Å². The SMILES string of the molecule is COc1ccccc1OC(C)C(=O)NNC(=O)c1cc(OC)c(OC)c(OC)c1. The second-order valence-electron chi connectivity index (χ2n) is 5.77. The van der Waals surface area contributed by atoms with Crippen molar-refractivity contribution in [3.63, 3.8) is 0 Å². The molecule has 0 aromatic heterocycles. The van der Waals surface area contributed by atoms with E-state index in [2.05, 4.69) is 10.9 Å². The first-order chi connectivity index (χ1) is 13.9. The molecule has 2 N–H and O–H groups in total. The van der Waals surface area contributed by atoms with E-state index in [4.69, 9.17) is 23.7 Å². The number of rotatable bonds is 8. The Morgan fingerprint density at radius 3 is 1.86 bits per heavy atom. The van der Waals surface area contributed by atoms with Crippen LogP contribution >= 0.6 is 0 Å². The van der Waals surface area contributed by atoms with Crippen molar-refractivity contribution < 1.29 is 33.3 Å². The second-order valence-corrected chi connectivity index (χ2v) is 5.77. The summed E-state index contributed by atoms with van der Waals surface area (Å²) in [6, 6.07) is 9.88. The van der Waals surface area contributed by atoms with Gasteiger partial charge < -0.3 is 23.7 Å². The maximum atomic E-state index is 12.4. The molecule has 0 spiro atoms. The van der Waals surface area contributed by atoms with Gasteiger partial charge in [0.1, 0.15) is 0 Å². The molecule has 0 fully saturated rings. The van der Waals surface area contributed by atoms with Gasteiger partial charge in [-0.15, -0.1) is 0 Å². The number of carbonyl (C=O) groups is 2. The van der Waals surface area contributed by atoms with Gasteiger partial charge in [-0.1, -0.05) is 12.1 Å². The molecule has 0 saturated carbocycles. The van der Waals surface area contributed by atoms with E-state index in [1.807, 2.05) is 0 Å². The highest BCUT2D eigenvalue weighted by atomic mass is 16.5. The van der Waals surface area contributed by atoms with Crippen molar-refractivity contribution >= 4 is 11.8 Å². The zero-order valence-electron chi connectivity index (χ0n) is 16.9. The summed E-state index contributed by atoms with van der Waals surface area (Å²) in [5.74, 6) is 0.780. The summed E-state index contributed by atoms with van der Waals surface area (Å²) < 4.78 is 26.4. The molecule has 0 heterocycles. The number of hydrazine groups is 1. The largest absolute Gasteiger partial charge is 0.493 e. The fourth-order valence-corrected chi connectivity index (χ4v) is 2.46. The summed E-state index contributed by atoms with van der Waals surface area (Å²) in [5.41, 5.74) is 4.86. The van der Waals surface area contributed by atoms with Crippen LogP contribution in [-0.4, -0.2) is 46.4 Å². The summed E-state index contributed by atoms with van der Waals surface area (Å²) >= 11 is 0. The molecule has 9 nitrogen and oxygen atoms in total. The molecule has 0 bridgehead atoms. The van der Waals surface area contributed by atoms with Crippen molar-refractivity contribution in [3.05, 3.63) is 42.0 Å². The summed E-state index contributed by atoms with van der Waals surface area (Å²) in [6.07, 6.45) is -0.883. The summed E-state index contributed by atoms with van der Waals surface area (Å²) in [7, 11) is 5.85. The minimum Gasteiger partial charge on any atom is -0.493 e. The standard InChI is InChI=1S/C20H24N2O7/c1-12(29-15-9-7-6-8-14(15)25-2)19(23)21-22-20(24)13-10-16(26-3)18(28-5)17(11-13)27-4/h6-12H,1-5H3,(H,21,23)(H,22,24). The molecule has 0 aliphatic carbocycles. The van der Waals surface area contributed by atoms with E-state index in [0.717, 1.165) is 0 Å². The van der Waals surface area contributed by atoms with Crippen LogP contribution in [0.15, 0.2) is 36.4 Å². The molecule has 29 heavy (non-hydrogen) atoms. The van der Waals surface area contributed by atoms with Gasteiger partial charge in [0.25, 0.3) is 11.8 Å². The van der Waals surface area contributed by atoms with Gasteiger partial charge in [0.05, 0.1) is 28.4 Å². The van der Waals surface area contributed by atoms with Crippen molar-refractivity contribution in [2.75, 3.05) is 28.4 Å². The Labute approximate surface area is 168 Å². The average molecular weight is 404 g/mol. The molecule has 2 rings (SSSR count). The third-order valence-electron chi connectivity index (χ3n) is 3.97. The molecule has 1 atom stereocenters. The number of amides is 2. The van der Waals surface area contributed by atoms with Gasteiger partial charge in [-0.3, -0.25) is 20.4 Å². The summed E-state index contributed by atoms with van der Waals surface area (Å²) in [4.78, 5) is 24.7. The zero-order chi connectivity index (χ0) is 21.4. The molecular formula is C20H24N2O7. The van der Waals surface area contributed by atoms with Crippen LogP contribution in [-0.2, 0) is 4.79 Å². The van der Waals surface area contributed by atoms with Crippen molar-refractivity contribution in [3.8, 4) is 28.7 Å². The minimum atomic E-state index is -0.883. The van der Waals surface area contributed by atoms with E-state index >= 15 is 0 Å². The number of carbonyl (C=O) groups excluding carboxylic acids is 2. The van der Waals surface area contributed by atoms with Crippen LogP contribution in [0.5, 0.6) is 28.7 Å². The quantitative estimate of drug-likeness (QED) is 0.648. The third kappa shape index (κ3) is 5.22. The van der Waals surface area contributed by atoms with Crippen molar-refractivity contribution in [2.45, 2.75) is 13.0 Å². The number of hydrogen-bond acceptors (Lipinski definition) is 7. The van der Waals surface area contributed by atoms with Crippen LogP contribution < -0.4 is 34.5 Å². The molecule has 2 amide bonds. The van der Waals surface area contributed by atoms with E-state index in [-0.39, 0.29) is 5.56 Å². The number of methoxy groups -OCH3 is 4. The Morgan fingerprint density at radius 1 is 0.793 bits per heavy atom. The highest BCUT2D eigenvalue weighted by Gasteiger charge is 2.20. The molecule has 1 unspecified atom stereocenters. The Balaban J connectivity index is 2.03. The number of nitrogens with one attached hydrogen (secondary N) is 2. The lowest BCUT2D eigenvalue weighted by molar-refractivity contribution is -0.128. The Bertz CT molecular complexity index is 845. The Hall–Kier alpha value is -3.62. The first-order valence-electron chi connectivity index (χ1n) is 8.65. The molecular weight excluding hydrogens is 380 g/mol. The van der Waals surface area contributed by atoms with Crippen molar-refractivity contribution in [1.82, 2.24) is 10.9 Å². The van der Waals surface area contributed by atoms with Gasteiger partial charge in [-0.25, -0.2) is 0 Å². The van der Waals surface area contributed by atoms with E-state index in [0.29, 0.717) is 28.7 Å². The monoisotopic (exact) mass is 404 g/mol. The van der Waals surface area contributed by atoms with E-state index in [1.54, 1.807) is 31.2 Å². The lowest BCUT2D eigenvalue weighted by atomic mass is 10.1. The normalized spacial score (nSPS) is 11.1. The predicted octanol–water partition coefficient (Wildman–Crippen LogP) is 1.95. The fraction of sp³-hybridized carbons (Fsp3) is 0.300. The molecule has 2 aromatic carbocycles. The maximum Gasteiger partial charge on any atom is 0.279 e. The van der Waals surface area contributed by atoms with Crippen LogP contribution in [0.2, 0.25) is 0 Å². The second kappa shape index (κ2) is 10.1. The molecule has 0 aliphatic heterocycles. The molecule has 9 heteroatoms. The van der Waals surface area contributed by atoms with Crippen LogP contribution in [0.3, 0.4) is 0 Å². The lowest BCUT2D eigenvalue weighted by Crippen LogP contribution is -2.47. The summed E-state index contributed by atoms with van der Waals surface area (Å²) in [6.45, 7) is 1.55. The highest BCUT2D eigenvalue weighted by molar-refractivity contribution is 5.97. The summed E-state index contributed by atoms with van der Waals surface area (Å²) in [5, 5.41) is 0. The highest BCUT2D eigenvalue weighted by Crippen LogP contribution is 2.38. The van der Waals surface area contributed by atoms with E-state index in [9.17, 15) is 9.59 Å². The van der Waals surface area contributed by atoms with Gasteiger partial charge in [0.15, 0.2) is 29.1 Å². The van der Waals surface area contributed by atoms with E-state index in [1.165, 1.54) is 40.6 Å². The molecule has 0 radical (unpaired) electrons. The topological polar surface area (TPSA) is 104 Å². The van der Waals surface area contributed by atoms with Gasteiger partial charge in [0, 0.05) is 5.56 Å². The first kappa shape index (κ1) is 21.7. The smallest absolute Gasteiger partial charge is 0.279 e. The average Bonchev–Trinajstić information content (AvgIpc) is 2.76. The Kier molecular flexibility index (Phi) is 7.53. The third-order valence-corrected chi connectivity index (χ3v) is 3.97. The van der Waals surface area contributed by atoms with Crippen LogP contribution in [0, 0.1) is 0 Å². The number of ether oxygens (including phenoxy) is 5. The molecule has 0 saturated heterocycles. The van der Waals surface area contributed by atoms with Crippen LogP contribution in [0.25, 0.3) is 0 Å². The Morgan fingerprint density at radius 2 is 1.34 bits per heavy atom. The lowest BCUT2D eigenvalue weighted by Gasteiger charge is -2.17. The van der Waals surface area contributed by atoms with Crippen LogP contribution in [0.1, 0.15) is 17.3 Å². The van der Waals surface area contributed by atoms with E-state index < -0.39 is 17.9 Å². The fourth-order valence-electron chi connectivity index (χ4n) is 2.46. The minimum absolute atomic E-state index is 0.207. The number of benzene rings is 2. The molecule has 2 aromatic rings. The maximum absolute atomic E-state index is 12.4. The van der Waals surface area contributed by atoms with Crippen molar-refractivity contribution in [1.29, 1.82) is 0 Å². The zero-order valence-corrected chi connectivity index (χ0v) is 16.9. The van der Waals surface area contributed by atoms with Gasteiger partial charge in [-0.05, 0) is 31.2 Å². The van der Waals surface area contributed by atoms with Crippen LogP contribution in [0.4, 0.5) is 0 Å². The first-order valence-corrected chi connectivity index (χ1v) is 8.65. The number of para-hydroxylation sites is 2. The number of hydrogen-bond donors (Lipinski definition) is 2. The van der Waals surface area contributed by atoms with Gasteiger partial charge >= 0.3 is 0 Å². The molecule has 156 valence electrons. The van der Waals surface area contributed by atoms with Gasteiger partial charge in [-0.2, -0.15) is 0 Å². The van der Waals surface area contributed by atoms with Gasteiger partial charge in [0.2, 0.25) is 5.75 Å². The predicted molar refractivity (Wildman–Crippen MR) is 105 cm³/mol. The molecule has 0 aliphatic rings.